The fourth-order valence-corrected chi connectivity index (χ4v) is 3.43. The minimum absolute atomic E-state index is 0.0296. The number of methoxy groups -OCH3 is 1. The van der Waals surface area contributed by atoms with Crippen LogP contribution in [0.1, 0.15) is 55.0 Å². The number of carbonyl (C=O) groups excluding carboxylic acids is 2. The maximum Gasteiger partial charge on any atom is 0.222 e. The molecule has 5 heteroatoms. The molecule has 1 fully saturated rings. The molecule has 2 aromatic rings. The highest BCUT2D eigenvalue weighted by molar-refractivity contribution is 5.79. The Kier molecular flexibility index (Phi) is 6.34. The van der Waals surface area contributed by atoms with Gasteiger partial charge in [0, 0.05) is 6.92 Å². The Bertz CT molecular complexity index is 811. The summed E-state index contributed by atoms with van der Waals surface area (Å²) in [6.45, 7) is 3.52. The molecule has 148 valence electrons. The number of hydrogen-bond donors (Lipinski definition) is 2. The molecule has 1 aliphatic rings. The molecule has 2 aromatic carbocycles. The summed E-state index contributed by atoms with van der Waals surface area (Å²) in [6, 6.07) is 15.4. The van der Waals surface area contributed by atoms with Crippen molar-refractivity contribution >= 4 is 11.8 Å². The van der Waals surface area contributed by atoms with Crippen LogP contribution < -0.4 is 15.4 Å². The number of nitrogens with one attached hydrogen (secondary N) is 2. The lowest BCUT2D eigenvalue weighted by molar-refractivity contribution is -0.123. The second-order valence-electron chi connectivity index (χ2n) is 7.52. The molecule has 0 heterocycles. The second kappa shape index (κ2) is 8.91. The molecular formula is C23H28N2O3. The zero-order valence-corrected chi connectivity index (χ0v) is 16.7. The van der Waals surface area contributed by atoms with Crippen molar-refractivity contribution in [3.8, 4) is 5.75 Å². The van der Waals surface area contributed by atoms with Crippen LogP contribution in [0.25, 0.3) is 0 Å². The van der Waals surface area contributed by atoms with E-state index >= 15 is 0 Å². The van der Waals surface area contributed by atoms with Crippen LogP contribution in [0.4, 0.5) is 0 Å². The number of carbonyl (C=O) groups is 2. The van der Waals surface area contributed by atoms with Gasteiger partial charge in [0.15, 0.2) is 0 Å². The highest BCUT2D eigenvalue weighted by Crippen LogP contribution is 2.41. The van der Waals surface area contributed by atoms with Crippen LogP contribution in [0.3, 0.4) is 0 Å². The standard InChI is InChI=1S/C23H28N2O3/c1-15-4-6-18(7-5-15)23(19-8-9-19)25-22(27)14-21(24-16(2)26)17-10-12-20(28-3)13-11-17/h4-7,10-13,19,21,23H,8-9,14H2,1-3H3,(H,24,26)(H,25,27). The highest BCUT2D eigenvalue weighted by Gasteiger charge is 2.33. The van der Waals surface area contributed by atoms with Crippen molar-refractivity contribution in [3.63, 3.8) is 0 Å². The topological polar surface area (TPSA) is 67.4 Å². The number of aryl methyl sites for hydroxylation is 1. The first-order valence-corrected chi connectivity index (χ1v) is 9.73. The van der Waals surface area contributed by atoms with Gasteiger partial charge < -0.3 is 15.4 Å². The molecule has 5 nitrogen and oxygen atoms in total. The van der Waals surface area contributed by atoms with E-state index in [2.05, 4.69) is 41.8 Å². The maximum absolute atomic E-state index is 12.8. The van der Waals surface area contributed by atoms with Crippen LogP contribution in [0.15, 0.2) is 48.5 Å². The van der Waals surface area contributed by atoms with E-state index in [1.807, 2.05) is 24.3 Å². The van der Waals surface area contributed by atoms with Crippen LogP contribution >= 0.6 is 0 Å². The van der Waals surface area contributed by atoms with Crippen molar-refractivity contribution in [3.05, 3.63) is 65.2 Å². The molecule has 3 rings (SSSR count). The summed E-state index contributed by atoms with van der Waals surface area (Å²) >= 11 is 0. The number of benzene rings is 2. The Morgan fingerprint density at radius 1 is 1.00 bits per heavy atom. The Hall–Kier alpha value is -2.82. The molecule has 0 aromatic heterocycles. The van der Waals surface area contributed by atoms with E-state index in [1.54, 1.807) is 7.11 Å². The van der Waals surface area contributed by atoms with E-state index in [1.165, 1.54) is 12.5 Å². The van der Waals surface area contributed by atoms with Crippen molar-refractivity contribution in [2.24, 2.45) is 5.92 Å². The molecule has 2 N–H and O–H groups in total. The molecule has 0 radical (unpaired) electrons. The Morgan fingerprint density at radius 2 is 1.61 bits per heavy atom. The number of rotatable bonds is 8. The zero-order chi connectivity index (χ0) is 20.1. The molecule has 0 spiro atoms. The SMILES string of the molecule is COc1ccc(C(CC(=O)NC(c2ccc(C)cc2)C2CC2)NC(C)=O)cc1. The van der Waals surface area contributed by atoms with Crippen molar-refractivity contribution in [1.82, 2.24) is 10.6 Å². The van der Waals surface area contributed by atoms with Gasteiger partial charge in [-0.1, -0.05) is 42.0 Å². The summed E-state index contributed by atoms with van der Waals surface area (Å²) in [5.74, 6) is 1.01. The summed E-state index contributed by atoms with van der Waals surface area (Å²) < 4.78 is 5.19. The van der Waals surface area contributed by atoms with Gasteiger partial charge in [0.2, 0.25) is 11.8 Å². The minimum atomic E-state index is -0.374. The first-order valence-electron chi connectivity index (χ1n) is 9.73. The lowest BCUT2D eigenvalue weighted by Crippen LogP contribution is -2.35. The maximum atomic E-state index is 12.8. The van der Waals surface area contributed by atoms with E-state index in [4.69, 9.17) is 4.74 Å². The van der Waals surface area contributed by atoms with E-state index in [0.29, 0.717) is 5.92 Å². The van der Waals surface area contributed by atoms with Gasteiger partial charge in [0.25, 0.3) is 0 Å². The van der Waals surface area contributed by atoms with Gasteiger partial charge in [-0.2, -0.15) is 0 Å². The molecule has 0 saturated heterocycles. The summed E-state index contributed by atoms with van der Waals surface area (Å²) in [5, 5.41) is 6.09. The summed E-state index contributed by atoms with van der Waals surface area (Å²) in [4.78, 5) is 24.5. The van der Waals surface area contributed by atoms with Crippen LogP contribution in [-0.2, 0) is 9.59 Å². The normalized spacial score (nSPS) is 15.4. The molecule has 2 atom stereocenters. The first-order chi connectivity index (χ1) is 13.5. The zero-order valence-electron chi connectivity index (χ0n) is 16.7. The van der Waals surface area contributed by atoms with Crippen LogP contribution in [-0.4, -0.2) is 18.9 Å². The average Bonchev–Trinajstić information content (AvgIpc) is 3.51. The van der Waals surface area contributed by atoms with Gasteiger partial charge in [-0.05, 0) is 48.9 Å². The lowest BCUT2D eigenvalue weighted by atomic mass is 9.99. The van der Waals surface area contributed by atoms with Gasteiger partial charge in [-0.15, -0.1) is 0 Å². The van der Waals surface area contributed by atoms with Crippen molar-refractivity contribution in [2.45, 2.75) is 45.2 Å². The third kappa shape index (κ3) is 5.35. The van der Waals surface area contributed by atoms with Gasteiger partial charge in [-0.3, -0.25) is 9.59 Å². The summed E-state index contributed by atoms with van der Waals surface area (Å²) in [7, 11) is 1.61. The third-order valence-electron chi connectivity index (χ3n) is 5.13. The van der Waals surface area contributed by atoms with Gasteiger partial charge in [0.05, 0.1) is 25.6 Å². The summed E-state index contributed by atoms with van der Waals surface area (Å²) in [5.41, 5.74) is 3.22. The van der Waals surface area contributed by atoms with Crippen LogP contribution in [0, 0.1) is 12.8 Å². The summed E-state index contributed by atoms with van der Waals surface area (Å²) in [6.07, 6.45) is 2.46. The number of amides is 2. The predicted octanol–water partition coefficient (Wildman–Crippen LogP) is 3.84. The fourth-order valence-electron chi connectivity index (χ4n) is 3.43. The Morgan fingerprint density at radius 3 is 2.14 bits per heavy atom. The number of ether oxygens (including phenoxy) is 1. The first kappa shape index (κ1) is 19.9. The highest BCUT2D eigenvalue weighted by atomic mass is 16.5. The van der Waals surface area contributed by atoms with Crippen molar-refractivity contribution in [2.75, 3.05) is 7.11 Å². The van der Waals surface area contributed by atoms with E-state index in [9.17, 15) is 9.59 Å². The molecule has 1 aliphatic carbocycles. The Balaban J connectivity index is 1.71. The molecule has 0 bridgehead atoms. The predicted molar refractivity (Wildman–Crippen MR) is 109 cm³/mol. The van der Waals surface area contributed by atoms with E-state index in [-0.39, 0.29) is 30.3 Å². The van der Waals surface area contributed by atoms with Crippen molar-refractivity contribution in [1.29, 1.82) is 0 Å². The van der Waals surface area contributed by atoms with Gasteiger partial charge >= 0.3 is 0 Å². The fraction of sp³-hybridized carbons (Fsp3) is 0.391. The van der Waals surface area contributed by atoms with E-state index in [0.717, 1.165) is 29.7 Å². The van der Waals surface area contributed by atoms with Crippen LogP contribution in [0.2, 0.25) is 0 Å². The molecule has 28 heavy (non-hydrogen) atoms. The Labute approximate surface area is 166 Å². The van der Waals surface area contributed by atoms with Gasteiger partial charge in [0.1, 0.15) is 5.75 Å². The molecular weight excluding hydrogens is 352 g/mol. The molecule has 2 amide bonds. The molecule has 1 saturated carbocycles. The monoisotopic (exact) mass is 380 g/mol. The van der Waals surface area contributed by atoms with Gasteiger partial charge in [-0.25, -0.2) is 0 Å². The second-order valence-corrected chi connectivity index (χ2v) is 7.52. The number of hydrogen-bond acceptors (Lipinski definition) is 3. The quantitative estimate of drug-likeness (QED) is 0.731. The minimum Gasteiger partial charge on any atom is -0.497 e. The average molecular weight is 380 g/mol. The smallest absolute Gasteiger partial charge is 0.222 e. The largest absolute Gasteiger partial charge is 0.497 e. The molecule has 2 unspecified atom stereocenters. The molecule has 0 aliphatic heterocycles. The van der Waals surface area contributed by atoms with E-state index < -0.39 is 0 Å². The third-order valence-corrected chi connectivity index (χ3v) is 5.13. The van der Waals surface area contributed by atoms with Crippen molar-refractivity contribution < 1.29 is 14.3 Å². The lowest BCUT2D eigenvalue weighted by Gasteiger charge is -2.22. The van der Waals surface area contributed by atoms with Crippen LogP contribution in [0.5, 0.6) is 5.75 Å².